The van der Waals surface area contributed by atoms with Crippen LogP contribution in [-0.4, -0.2) is 51.3 Å². The number of amides is 3. The number of primary amides is 1. The molecule has 1 saturated heterocycles. The van der Waals surface area contributed by atoms with Gasteiger partial charge in [0.25, 0.3) is 5.91 Å². The molecule has 1 aromatic carbocycles. The number of rotatable bonds is 4. The molecule has 0 saturated carbocycles. The van der Waals surface area contributed by atoms with Gasteiger partial charge in [-0.15, -0.1) is 0 Å². The fraction of sp³-hybridized carbons (Fsp3) is 0.467. The maximum Gasteiger partial charge on any atom is 0.319 e. The van der Waals surface area contributed by atoms with E-state index in [1.54, 1.807) is 7.11 Å². The zero-order chi connectivity index (χ0) is 16.1. The number of urea groups is 1. The topological polar surface area (TPSA) is 89.1 Å². The number of anilines is 1. The van der Waals surface area contributed by atoms with Crippen molar-refractivity contribution in [2.24, 2.45) is 5.73 Å². The zero-order valence-corrected chi connectivity index (χ0v) is 13.0. The van der Waals surface area contributed by atoms with Crippen molar-refractivity contribution < 1.29 is 19.2 Å². The SMILES string of the molecule is COc1ccc(N2CC[NH+]([C@@H](C)C(=O)NC(N)=O)CC2)cc1. The van der Waals surface area contributed by atoms with E-state index in [1.807, 2.05) is 31.2 Å². The Morgan fingerprint density at radius 1 is 1.27 bits per heavy atom. The van der Waals surface area contributed by atoms with Gasteiger partial charge in [-0.1, -0.05) is 0 Å². The Bertz CT molecular complexity index is 524. The summed E-state index contributed by atoms with van der Waals surface area (Å²) in [6, 6.07) is 6.87. The second-order valence-corrected chi connectivity index (χ2v) is 5.42. The van der Waals surface area contributed by atoms with Gasteiger partial charge in [-0.3, -0.25) is 10.1 Å². The normalized spacial score (nSPS) is 16.9. The Kier molecular flexibility index (Phi) is 5.21. The largest absolute Gasteiger partial charge is 0.497 e. The van der Waals surface area contributed by atoms with E-state index in [-0.39, 0.29) is 11.9 Å². The summed E-state index contributed by atoms with van der Waals surface area (Å²) in [7, 11) is 1.65. The summed E-state index contributed by atoms with van der Waals surface area (Å²) >= 11 is 0. The molecular formula is C15H23N4O3+. The van der Waals surface area contributed by atoms with Crippen molar-refractivity contribution in [3.05, 3.63) is 24.3 Å². The third-order valence-corrected chi connectivity index (χ3v) is 4.10. The van der Waals surface area contributed by atoms with Crippen molar-refractivity contribution in [2.75, 3.05) is 38.2 Å². The van der Waals surface area contributed by atoms with Gasteiger partial charge >= 0.3 is 6.03 Å². The quantitative estimate of drug-likeness (QED) is 0.664. The van der Waals surface area contributed by atoms with Crippen LogP contribution < -0.4 is 25.6 Å². The summed E-state index contributed by atoms with van der Waals surface area (Å²) in [5, 5.41) is 2.15. The minimum Gasteiger partial charge on any atom is -0.497 e. The number of carbonyl (C=O) groups excluding carboxylic acids is 2. The molecule has 1 atom stereocenters. The van der Waals surface area contributed by atoms with Crippen LogP contribution in [0.3, 0.4) is 0 Å². The molecule has 120 valence electrons. The summed E-state index contributed by atoms with van der Waals surface area (Å²) in [6.45, 7) is 5.20. The van der Waals surface area contributed by atoms with E-state index in [0.29, 0.717) is 0 Å². The van der Waals surface area contributed by atoms with Crippen LogP contribution in [-0.2, 0) is 4.79 Å². The molecule has 0 unspecified atom stereocenters. The molecular weight excluding hydrogens is 284 g/mol. The van der Waals surface area contributed by atoms with Crippen LogP contribution >= 0.6 is 0 Å². The van der Waals surface area contributed by atoms with Gasteiger partial charge in [0, 0.05) is 5.69 Å². The molecule has 0 radical (unpaired) electrons. The number of ether oxygens (including phenoxy) is 1. The molecule has 7 heteroatoms. The smallest absolute Gasteiger partial charge is 0.319 e. The van der Waals surface area contributed by atoms with Crippen molar-refractivity contribution >= 4 is 17.6 Å². The van der Waals surface area contributed by atoms with E-state index < -0.39 is 6.03 Å². The average molecular weight is 307 g/mol. The fourth-order valence-electron chi connectivity index (χ4n) is 2.69. The van der Waals surface area contributed by atoms with Gasteiger partial charge in [0.1, 0.15) is 5.75 Å². The van der Waals surface area contributed by atoms with E-state index in [1.165, 1.54) is 0 Å². The molecule has 0 spiro atoms. The second kappa shape index (κ2) is 7.13. The highest BCUT2D eigenvalue weighted by Gasteiger charge is 2.29. The molecule has 22 heavy (non-hydrogen) atoms. The lowest BCUT2D eigenvalue weighted by molar-refractivity contribution is -0.914. The van der Waals surface area contributed by atoms with E-state index in [9.17, 15) is 9.59 Å². The number of nitrogens with zero attached hydrogens (tertiary/aromatic N) is 1. The molecule has 1 aliphatic heterocycles. The Morgan fingerprint density at radius 3 is 2.36 bits per heavy atom. The summed E-state index contributed by atoms with van der Waals surface area (Å²) < 4.78 is 5.16. The summed E-state index contributed by atoms with van der Waals surface area (Å²) in [5.74, 6) is 0.519. The molecule has 3 amide bonds. The van der Waals surface area contributed by atoms with Crippen LogP contribution in [0.4, 0.5) is 10.5 Å². The average Bonchev–Trinajstić information content (AvgIpc) is 2.54. The van der Waals surface area contributed by atoms with Crippen LogP contribution in [0.15, 0.2) is 24.3 Å². The molecule has 1 heterocycles. The van der Waals surface area contributed by atoms with Crippen molar-refractivity contribution in [2.45, 2.75) is 13.0 Å². The monoisotopic (exact) mass is 307 g/mol. The van der Waals surface area contributed by atoms with Gasteiger partial charge < -0.3 is 20.3 Å². The van der Waals surface area contributed by atoms with Gasteiger partial charge in [0.2, 0.25) is 0 Å². The van der Waals surface area contributed by atoms with Gasteiger partial charge in [-0.2, -0.15) is 0 Å². The second-order valence-electron chi connectivity index (χ2n) is 5.42. The Labute approximate surface area is 130 Å². The van der Waals surface area contributed by atoms with Crippen molar-refractivity contribution in [1.29, 1.82) is 0 Å². The predicted molar refractivity (Wildman–Crippen MR) is 83.1 cm³/mol. The van der Waals surface area contributed by atoms with E-state index in [2.05, 4.69) is 10.2 Å². The molecule has 1 aromatic rings. The lowest BCUT2D eigenvalue weighted by Gasteiger charge is -2.35. The Morgan fingerprint density at radius 2 is 1.86 bits per heavy atom. The van der Waals surface area contributed by atoms with Crippen molar-refractivity contribution in [3.63, 3.8) is 0 Å². The third kappa shape index (κ3) is 3.88. The fourth-order valence-corrected chi connectivity index (χ4v) is 2.69. The van der Waals surface area contributed by atoms with Crippen LogP contribution in [0.1, 0.15) is 6.92 Å². The van der Waals surface area contributed by atoms with Gasteiger partial charge in [0.15, 0.2) is 6.04 Å². The van der Waals surface area contributed by atoms with Crippen LogP contribution in [0.5, 0.6) is 5.75 Å². The first-order valence-electron chi connectivity index (χ1n) is 7.35. The highest BCUT2D eigenvalue weighted by molar-refractivity contribution is 5.95. The molecule has 7 nitrogen and oxygen atoms in total. The Hall–Kier alpha value is -2.28. The number of carbonyl (C=O) groups is 2. The number of methoxy groups -OCH3 is 1. The first-order valence-corrected chi connectivity index (χ1v) is 7.35. The van der Waals surface area contributed by atoms with Crippen molar-refractivity contribution in [3.8, 4) is 5.75 Å². The molecule has 4 N–H and O–H groups in total. The van der Waals surface area contributed by atoms with Gasteiger partial charge in [-0.25, -0.2) is 4.79 Å². The van der Waals surface area contributed by atoms with Gasteiger partial charge in [-0.05, 0) is 31.2 Å². The van der Waals surface area contributed by atoms with E-state index in [4.69, 9.17) is 10.5 Å². The molecule has 0 aromatic heterocycles. The van der Waals surface area contributed by atoms with E-state index >= 15 is 0 Å². The number of hydrogen-bond donors (Lipinski definition) is 3. The molecule has 1 fully saturated rings. The number of imide groups is 1. The highest BCUT2D eigenvalue weighted by Crippen LogP contribution is 2.18. The van der Waals surface area contributed by atoms with Crippen LogP contribution in [0.25, 0.3) is 0 Å². The maximum absolute atomic E-state index is 11.8. The number of nitrogens with two attached hydrogens (primary N) is 1. The van der Waals surface area contributed by atoms with Crippen LogP contribution in [0, 0.1) is 0 Å². The summed E-state index contributed by atoms with van der Waals surface area (Å²) in [4.78, 5) is 26.0. The Balaban J connectivity index is 1.89. The first kappa shape index (κ1) is 16.1. The lowest BCUT2D eigenvalue weighted by Crippen LogP contribution is -3.19. The number of nitrogens with one attached hydrogen (secondary N) is 2. The standard InChI is InChI=1S/C15H22N4O3/c1-11(14(20)17-15(16)21)18-7-9-19(10-8-18)12-3-5-13(22-2)6-4-12/h3-6,11H,7-10H2,1-2H3,(H3,16,17,20,21)/p+1/t11-/m0/s1. The van der Waals surface area contributed by atoms with Crippen molar-refractivity contribution in [1.82, 2.24) is 5.32 Å². The number of hydrogen-bond acceptors (Lipinski definition) is 4. The zero-order valence-electron chi connectivity index (χ0n) is 13.0. The van der Waals surface area contributed by atoms with Gasteiger partial charge in [0.05, 0.1) is 33.3 Å². The van der Waals surface area contributed by atoms with Crippen LogP contribution in [0.2, 0.25) is 0 Å². The highest BCUT2D eigenvalue weighted by atomic mass is 16.5. The summed E-state index contributed by atoms with van der Waals surface area (Å²) in [5.41, 5.74) is 6.13. The molecule has 0 bridgehead atoms. The minimum atomic E-state index is -0.798. The molecule has 0 aliphatic carbocycles. The molecule has 1 aliphatic rings. The first-order chi connectivity index (χ1) is 10.5. The number of benzene rings is 1. The lowest BCUT2D eigenvalue weighted by atomic mass is 10.2. The predicted octanol–water partition coefficient (Wildman–Crippen LogP) is -1.02. The summed E-state index contributed by atoms with van der Waals surface area (Å²) in [6.07, 6.45) is 0. The third-order valence-electron chi connectivity index (χ3n) is 4.10. The van der Waals surface area contributed by atoms with E-state index in [0.717, 1.165) is 42.5 Å². The maximum atomic E-state index is 11.8. The molecule has 2 rings (SSSR count). The number of quaternary nitrogens is 1. The minimum absolute atomic E-state index is 0.287. The number of piperazine rings is 1.